The molecule has 0 fully saturated rings. The van der Waals surface area contributed by atoms with Gasteiger partial charge in [0.05, 0.1) is 11.2 Å². The lowest BCUT2D eigenvalue weighted by atomic mass is 10.1. The minimum absolute atomic E-state index is 0.837. The van der Waals surface area contributed by atoms with E-state index in [0.717, 1.165) is 30.0 Å². The molecule has 0 spiro atoms. The zero-order valence-electron chi connectivity index (χ0n) is 12.7. The predicted molar refractivity (Wildman–Crippen MR) is 85.0 cm³/mol. The van der Waals surface area contributed by atoms with Gasteiger partial charge < -0.3 is 5.32 Å². The Morgan fingerprint density at radius 1 is 1.10 bits per heavy atom. The fourth-order valence-corrected chi connectivity index (χ4v) is 2.55. The van der Waals surface area contributed by atoms with Crippen molar-refractivity contribution >= 4 is 10.9 Å². The first kappa shape index (κ1) is 13.8. The molecule has 3 rings (SSSR count). The van der Waals surface area contributed by atoms with Crippen molar-refractivity contribution in [1.82, 2.24) is 20.1 Å². The lowest BCUT2D eigenvalue weighted by Gasteiger charge is -2.06. The van der Waals surface area contributed by atoms with Crippen LogP contribution in [0.2, 0.25) is 0 Å². The van der Waals surface area contributed by atoms with Crippen LogP contribution in [0.4, 0.5) is 0 Å². The second-order valence-corrected chi connectivity index (χ2v) is 5.50. The van der Waals surface area contributed by atoms with Crippen LogP contribution in [0.5, 0.6) is 0 Å². The molecular formula is C17H20N4. The Bertz CT molecular complexity index is 774. The first-order valence-corrected chi connectivity index (χ1v) is 7.18. The summed E-state index contributed by atoms with van der Waals surface area (Å²) in [6.07, 6.45) is 2.06. The monoisotopic (exact) mass is 280 g/mol. The van der Waals surface area contributed by atoms with Crippen molar-refractivity contribution in [3.8, 4) is 0 Å². The number of fused-ring (bicyclic) bond motifs is 1. The summed E-state index contributed by atoms with van der Waals surface area (Å²) < 4.78 is 1.86. The number of rotatable bonds is 4. The highest BCUT2D eigenvalue weighted by Crippen LogP contribution is 2.15. The maximum atomic E-state index is 4.53. The van der Waals surface area contributed by atoms with E-state index in [-0.39, 0.29) is 0 Å². The van der Waals surface area contributed by atoms with Gasteiger partial charge in [-0.15, -0.1) is 0 Å². The second-order valence-electron chi connectivity index (χ2n) is 5.50. The molecule has 0 aliphatic heterocycles. The van der Waals surface area contributed by atoms with Gasteiger partial charge in [0.2, 0.25) is 0 Å². The number of nitrogens with one attached hydrogen (secondary N) is 1. The summed E-state index contributed by atoms with van der Waals surface area (Å²) in [5.74, 6) is 0. The molecule has 0 atom stereocenters. The van der Waals surface area contributed by atoms with Gasteiger partial charge in [-0.2, -0.15) is 5.10 Å². The van der Waals surface area contributed by atoms with E-state index in [1.165, 1.54) is 16.5 Å². The molecule has 108 valence electrons. The molecule has 0 unspecified atom stereocenters. The summed E-state index contributed by atoms with van der Waals surface area (Å²) in [5.41, 5.74) is 5.72. The van der Waals surface area contributed by atoms with Gasteiger partial charge in [-0.3, -0.25) is 9.67 Å². The van der Waals surface area contributed by atoms with Gasteiger partial charge in [0.25, 0.3) is 0 Å². The number of benzene rings is 1. The number of aromatic nitrogens is 3. The molecule has 0 bridgehead atoms. The lowest BCUT2D eigenvalue weighted by Crippen LogP contribution is -2.12. The van der Waals surface area contributed by atoms with E-state index in [4.69, 9.17) is 0 Å². The minimum atomic E-state index is 0.837. The summed E-state index contributed by atoms with van der Waals surface area (Å²) in [5, 5.41) is 9.02. The highest BCUT2D eigenvalue weighted by atomic mass is 15.2. The summed E-state index contributed by atoms with van der Waals surface area (Å²) in [6.45, 7) is 5.74. The molecule has 2 heterocycles. The van der Waals surface area contributed by atoms with Gasteiger partial charge in [-0.1, -0.05) is 12.1 Å². The van der Waals surface area contributed by atoms with E-state index >= 15 is 0 Å². The molecule has 21 heavy (non-hydrogen) atoms. The van der Waals surface area contributed by atoms with Crippen LogP contribution in [-0.2, 0) is 20.1 Å². The van der Waals surface area contributed by atoms with Crippen molar-refractivity contribution in [2.24, 2.45) is 7.05 Å². The van der Waals surface area contributed by atoms with Crippen molar-refractivity contribution in [3.63, 3.8) is 0 Å². The largest absolute Gasteiger partial charge is 0.308 e. The third-order valence-corrected chi connectivity index (χ3v) is 3.65. The highest BCUT2D eigenvalue weighted by molar-refractivity contribution is 5.79. The fraction of sp³-hybridized carbons (Fsp3) is 0.294. The van der Waals surface area contributed by atoms with Crippen LogP contribution in [0.1, 0.15) is 22.5 Å². The lowest BCUT2D eigenvalue weighted by molar-refractivity contribution is 0.690. The van der Waals surface area contributed by atoms with Crippen LogP contribution in [0.15, 0.2) is 36.5 Å². The molecule has 0 aliphatic carbocycles. The van der Waals surface area contributed by atoms with Gasteiger partial charge in [0.1, 0.15) is 0 Å². The molecule has 1 aromatic carbocycles. The van der Waals surface area contributed by atoms with E-state index in [1.54, 1.807) is 0 Å². The molecular weight excluding hydrogens is 260 g/mol. The third-order valence-electron chi connectivity index (χ3n) is 3.65. The van der Waals surface area contributed by atoms with Crippen molar-refractivity contribution < 1.29 is 0 Å². The Kier molecular flexibility index (Phi) is 3.71. The molecule has 3 aromatic rings. The Balaban J connectivity index is 1.68. The first-order chi connectivity index (χ1) is 10.1. The van der Waals surface area contributed by atoms with Gasteiger partial charge >= 0.3 is 0 Å². The van der Waals surface area contributed by atoms with E-state index < -0.39 is 0 Å². The number of hydrogen-bond donors (Lipinski definition) is 1. The summed E-state index contributed by atoms with van der Waals surface area (Å²) in [6, 6.07) is 10.6. The first-order valence-electron chi connectivity index (χ1n) is 7.18. The van der Waals surface area contributed by atoms with Crippen molar-refractivity contribution in [2.75, 3.05) is 0 Å². The molecule has 4 nitrogen and oxygen atoms in total. The van der Waals surface area contributed by atoms with Gasteiger partial charge in [0, 0.05) is 43.0 Å². The zero-order valence-corrected chi connectivity index (χ0v) is 12.7. The normalized spacial score (nSPS) is 11.2. The molecule has 0 radical (unpaired) electrons. The van der Waals surface area contributed by atoms with Gasteiger partial charge in [0.15, 0.2) is 0 Å². The molecule has 0 saturated heterocycles. The van der Waals surface area contributed by atoms with Crippen LogP contribution >= 0.6 is 0 Å². The summed E-state index contributed by atoms with van der Waals surface area (Å²) in [7, 11) is 1.95. The van der Waals surface area contributed by atoms with Gasteiger partial charge in [-0.25, -0.2) is 0 Å². The van der Waals surface area contributed by atoms with E-state index in [1.807, 2.05) is 25.6 Å². The predicted octanol–water partition coefficient (Wildman–Crippen LogP) is 2.87. The van der Waals surface area contributed by atoms with Crippen LogP contribution in [-0.4, -0.2) is 14.8 Å². The molecule has 0 aliphatic rings. The Labute approximate surface area is 124 Å². The maximum Gasteiger partial charge on any atom is 0.0705 e. The summed E-state index contributed by atoms with van der Waals surface area (Å²) >= 11 is 0. The van der Waals surface area contributed by atoms with Gasteiger partial charge in [-0.05, 0) is 37.6 Å². The quantitative estimate of drug-likeness (QED) is 0.799. The maximum absolute atomic E-state index is 4.53. The van der Waals surface area contributed by atoms with Crippen molar-refractivity contribution in [2.45, 2.75) is 26.9 Å². The standard InChI is InChI=1S/C17H20N4/c1-12-4-6-15-8-14(5-7-17(15)19-12)9-18-10-16-11-21(3)20-13(16)2/h4-8,11,18H,9-10H2,1-3H3. The van der Waals surface area contributed by atoms with E-state index in [0.29, 0.717) is 0 Å². The Morgan fingerprint density at radius 3 is 2.71 bits per heavy atom. The smallest absolute Gasteiger partial charge is 0.0705 e. The molecule has 0 saturated carbocycles. The third kappa shape index (κ3) is 3.11. The van der Waals surface area contributed by atoms with Crippen molar-refractivity contribution in [1.29, 1.82) is 0 Å². The minimum Gasteiger partial charge on any atom is -0.308 e. The molecule has 0 amide bonds. The topological polar surface area (TPSA) is 42.7 Å². The average Bonchev–Trinajstić information content (AvgIpc) is 2.77. The molecule has 1 N–H and O–H groups in total. The highest BCUT2D eigenvalue weighted by Gasteiger charge is 2.03. The van der Waals surface area contributed by atoms with Crippen LogP contribution in [0.25, 0.3) is 10.9 Å². The number of nitrogens with zero attached hydrogens (tertiary/aromatic N) is 3. The SMILES string of the molecule is Cc1ccc2cc(CNCc3cn(C)nc3C)ccc2n1. The Hall–Kier alpha value is -2.20. The van der Waals surface area contributed by atoms with Crippen molar-refractivity contribution in [3.05, 3.63) is 59.0 Å². The van der Waals surface area contributed by atoms with E-state index in [9.17, 15) is 0 Å². The molecule has 2 aromatic heterocycles. The summed E-state index contributed by atoms with van der Waals surface area (Å²) in [4.78, 5) is 4.53. The fourth-order valence-electron chi connectivity index (χ4n) is 2.55. The number of hydrogen-bond acceptors (Lipinski definition) is 3. The van der Waals surface area contributed by atoms with E-state index in [2.05, 4.69) is 51.9 Å². The second kappa shape index (κ2) is 5.66. The number of pyridine rings is 1. The average molecular weight is 280 g/mol. The zero-order chi connectivity index (χ0) is 14.8. The van der Waals surface area contributed by atoms with Crippen LogP contribution in [0.3, 0.4) is 0 Å². The molecule has 4 heteroatoms. The number of aryl methyl sites for hydroxylation is 3. The Morgan fingerprint density at radius 2 is 1.95 bits per heavy atom. The van der Waals surface area contributed by atoms with Crippen LogP contribution in [0, 0.1) is 13.8 Å². The van der Waals surface area contributed by atoms with Crippen LogP contribution < -0.4 is 5.32 Å².